The first-order chi connectivity index (χ1) is 17.1. The topological polar surface area (TPSA) is 71.1 Å². The molecule has 0 atom stereocenters. The van der Waals surface area contributed by atoms with E-state index in [-0.39, 0.29) is 11.5 Å². The number of hydrogen-bond acceptors (Lipinski definition) is 3. The second-order valence-electron chi connectivity index (χ2n) is 7.92. The van der Waals surface area contributed by atoms with Crippen LogP contribution in [0.4, 0.5) is 24.5 Å². The first-order valence-electron chi connectivity index (χ1n) is 11.0. The molecule has 0 unspecified atom stereocenters. The summed E-state index contributed by atoms with van der Waals surface area (Å²) in [5.41, 5.74) is 2.70. The Morgan fingerprint density at radius 3 is 1.64 bits per heavy atom. The number of aromatic nitrogens is 1. The van der Waals surface area contributed by atoms with Crippen LogP contribution in [0.25, 0.3) is 0 Å². The van der Waals surface area contributed by atoms with Crippen molar-refractivity contribution in [2.75, 3.05) is 10.6 Å². The number of aryl methyl sites for hydroxylation is 2. The SMILES string of the molecule is Cc1ccc(NC(=O)c2ccccc2C(F)(F)F)cc1.Cc1ccc(NC(=O)c2ccncc2)cc1. The molecule has 0 radical (unpaired) electrons. The number of nitrogens with zero attached hydrogens (tertiary/aromatic N) is 1. The number of carbonyl (C=O) groups excluding carboxylic acids is 2. The second-order valence-corrected chi connectivity index (χ2v) is 7.92. The quantitative estimate of drug-likeness (QED) is 0.326. The first kappa shape index (κ1) is 26.2. The molecule has 4 aromatic rings. The van der Waals surface area contributed by atoms with Crippen LogP contribution in [0.2, 0.25) is 0 Å². The Bertz CT molecular complexity index is 1300. The van der Waals surface area contributed by atoms with Gasteiger partial charge in [0.25, 0.3) is 11.8 Å². The Hall–Kier alpha value is -4.46. The standard InChI is InChI=1S/C15H12F3NO.C13H12N2O/c1-10-6-8-11(9-7-10)19-14(20)12-4-2-3-5-13(12)15(16,17)18;1-10-2-4-12(5-3-10)15-13(16)11-6-8-14-9-7-11/h2-9H,1H3,(H,19,20);2-9H,1H3,(H,15,16). The third-order valence-corrected chi connectivity index (χ3v) is 5.04. The number of alkyl halides is 3. The highest BCUT2D eigenvalue weighted by molar-refractivity contribution is 6.05. The maximum absolute atomic E-state index is 12.8. The normalized spacial score (nSPS) is 10.6. The summed E-state index contributed by atoms with van der Waals surface area (Å²) in [5, 5.41) is 5.28. The van der Waals surface area contributed by atoms with Gasteiger partial charge in [0.1, 0.15) is 0 Å². The number of amides is 2. The van der Waals surface area contributed by atoms with E-state index in [4.69, 9.17) is 0 Å². The van der Waals surface area contributed by atoms with Crippen LogP contribution < -0.4 is 10.6 Å². The van der Waals surface area contributed by atoms with Gasteiger partial charge in [-0.05, 0) is 62.4 Å². The molecule has 3 aromatic carbocycles. The Labute approximate surface area is 207 Å². The number of nitrogens with one attached hydrogen (secondary N) is 2. The summed E-state index contributed by atoms with van der Waals surface area (Å²) in [4.78, 5) is 27.6. The van der Waals surface area contributed by atoms with Gasteiger partial charge in [-0.1, -0.05) is 47.5 Å². The lowest BCUT2D eigenvalue weighted by molar-refractivity contribution is -0.137. The van der Waals surface area contributed by atoms with Crippen LogP contribution >= 0.6 is 0 Å². The number of carbonyl (C=O) groups is 2. The first-order valence-corrected chi connectivity index (χ1v) is 11.0. The van der Waals surface area contributed by atoms with Crippen molar-refractivity contribution in [3.05, 3.63) is 125 Å². The minimum atomic E-state index is -4.55. The molecule has 1 aromatic heterocycles. The number of benzene rings is 3. The van der Waals surface area contributed by atoms with Gasteiger partial charge in [0.2, 0.25) is 0 Å². The van der Waals surface area contributed by atoms with E-state index in [0.717, 1.165) is 23.4 Å². The van der Waals surface area contributed by atoms with Gasteiger partial charge < -0.3 is 10.6 Å². The lowest BCUT2D eigenvalue weighted by Gasteiger charge is -2.12. The van der Waals surface area contributed by atoms with E-state index in [1.54, 1.807) is 48.8 Å². The molecule has 4 rings (SSSR count). The highest BCUT2D eigenvalue weighted by Crippen LogP contribution is 2.32. The number of halogens is 3. The minimum Gasteiger partial charge on any atom is -0.322 e. The molecule has 0 aliphatic carbocycles. The van der Waals surface area contributed by atoms with Gasteiger partial charge in [0, 0.05) is 29.3 Å². The maximum Gasteiger partial charge on any atom is 0.417 e. The predicted octanol–water partition coefficient (Wildman–Crippen LogP) is 6.91. The van der Waals surface area contributed by atoms with Crippen molar-refractivity contribution in [2.45, 2.75) is 20.0 Å². The van der Waals surface area contributed by atoms with E-state index in [1.807, 2.05) is 38.1 Å². The Morgan fingerprint density at radius 1 is 0.667 bits per heavy atom. The van der Waals surface area contributed by atoms with Crippen molar-refractivity contribution in [3.8, 4) is 0 Å². The van der Waals surface area contributed by atoms with Crippen LogP contribution in [0.1, 0.15) is 37.4 Å². The molecule has 0 saturated carbocycles. The van der Waals surface area contributed by atoms with Gasteiger partial charge in [-0.25, -0.2) is 0 Å². The zero-order valence-electron chi connectivity index (χ0n) is 19.6. The average Bonchev–Trinajstić information content (AvgIpc) is 2.87. The molecule has 0 spiro atoms. The molecule has 0 aliphatic heterocycles. The predicted molar refractivity (Wildman–Crippen MR) is 134 cm³/mol. The van der Waals surface area contributed by atoms with Crippen molar-refractivity contribution in [3.63, 3.8) is 0 Å². The molecular formula is C28H24F3N3O2. The molecule has 2 amide bonds. The lowest BCUT2D eigenvalue weighted by atomic mass is 10.1. The lowest BCUT2D eigenvalue weighted by Crippen LogP contribution is -2.18. The van der Waals surface area contributed by atoms with Crippen molar-refractivity contribution in [1.82, 2.24) is 4.98 Å². The van der Waals surface area contributed by atoms with Crippen molar-refractivity contribution < 1.29 is 22.8 Å². The maximum atomic E-state index is 12.8. The molecule has 8 heteroatoms. The second kappa shape index (κ2) is 11.8. The zero-order valence-corrected chi connectivity index (χ0v) is 19.6. The summed E-state index contributed by atoms with van der Waals surface area (Å²) in [6.45, 7) is 3.89. The minimum absolute atomic E-state index is 0.119. The van der Waals surface area contributed by atoms with Gasteiger partial charge in [0.15, 0.2) is 0 Å². The van der Waals surface area contributed by atoms with Crippen LogP contribution in [0, 0.1) is 13.8 Å². The Morgan fingerprint density at radius 2 is 1.14 bits per heavy atom. The average molecular weight is 492 g/mol. The fourth-order valence-electron chi connectivity index (χ4n) is 3.11. The number of rotatable bonds is 4. The molecule has 2 N–H and O–H groups in total. The monoisotopic (exact) mass is 491 g/mol. The smallest absolute Gasteiger partial charge is 0.322 e. The summed E-state index contributed by atoms with van der Waals surface area (Å²) in [6, 6.07) is 22.6. The van der Waals surface area contributed by atoms with E-state index in [0.29, 0.717) is 11.3 Å². The van der Waals surface area contributed by atoms with Gasteiger partial charge in [-0.3, -0.25) is 14.6 Å². The van der Waals surface area contributed by atoms with Gasteiger partial charge in [-0.2, -0.15) is 13.2 Å². The molecule has 36 heavy (non-hydrogen) atoms. The number of anilines is 2. The molecular weight excluding hydrogens is 467 g/mol. The van der Waals surface area contributed by atoms with E-state index in [2.05, 4.69) is 15.6 Å². The molecule has 0 fully saturated rings. The highest BCUT2D eigenvalue weighted by atomic mass is 19.4. The largest absolute Gasteiger partial charge is 0.417 e. The molecule has 0 saturated heterocycles. The highest BCUT2D eigenvalue weighted by Gasteiger charge is 2.34. The third kappa shape index (κ3) is 7.53. The zero-order chi connectivity index (χ0) is 26.1. The van der Waals surface area contributed by atoms with Crippen LogP contribution in [-0.4, -0.2) is 16.8 Å². The molecule has 0 aliphatic rings. The third-order valence-electron chi connectivity index (χ3n) is 5.04. The Balaban J connectivity index is 0.000000205. The van der Waals surface area contributed by atoms with E-state index in [1.165, 1.54) is 17.7 Å². The number of hydrogen-bond donors (Lipinski definition) is 2. The van der Waals surface area contributed by atoms with E-state index in [9.17, 15) is 22.8 Å². The van der Waals surface area contributed by atoms with Crippen LogP contribution in [-0.2, 0) is 6.18 Å². The van der Waals surface area contributed by atoms with E-state index >= 15 is 0 Å². The number of pyridine rings is 1. The fraction of sp³-hybridized carbons (Fsp3) is 0.107. The molecule has 5 nitrogen and oxygen atoms in total. The van der Waals surface area contributed by atoms with E-state index < -0.39 is 17.6 Å². The summed E-state index contributed by atoms with van der Waals surface area (Å²) < 4.78 is 38.5. The summed E-state index contributed by atoms with van der Waals surface area (Å²) in [6.07, 6.45) is -1.35. The fourth-order valence-corrected chi connectivity index (χ4v) is 3.11. The molecule has 184 valence electrons. The van der Waals surface area contributed by atoms with Crippen molar-refractivity contribution in [2.24, 2.45) is 0 Å². The van der Waals surface area contributed by atoms with Crippen LogP contribution in [0.3, 0.4) is 0 Å². The summed E-state index contributed by atoms with van der Waals surface area (Å²) in [7, 11) is 0. The molecule has 1 heterocycles. The van der Waals surface area contributed by atoms with Gasteiger partial charge in [0.05, 0.1) is 11.1 Å². The van der Waals surface area contributed by atoms with Crippen LogP contribution in [0.5, 0.6) is 0 Å². The van der Waals surface area contributed by atoms with Gasteiger partial charge >= 0.3 is 6.18 Å². The van der Waals surface area contributed by atoms with Gasteiger partial charge in [-0.15, -0.1) is 0 Å². The van der Waals surface area contributed by atoms with Crippen molar-refractivity contribution >= 4 is 23.2 Å². The molecule has 0 bridgehead atoms. The Kier molecular flexibility index (Phi) is 8.57. The summed E-state index contributed by atoms with van der Waals surface area (Å²) >= 11 is 0. The summed E-state index contributed by atoms with van der Waals surface area (Å²) in [5.74, 6) is -0.895. The van der Waals surface area contributed by atoms with Crippen molar-refractivity contribution in [1.29, 1.82) is 0 Å². The van der Waals surface area contributed by atoms with Crippen LogP contribution in [0.15, 0.2) is 97.3 Å².